The molecule has 3 unspecified atom stereocenters. The quantitative estimate of drug-likeness (QED) is 0.170. The second-order valence-corrected chi connectivity index (χ2v) is 16.6. The van der Waals surface area contributed by atoms with E-state index in [0.29, 0.717) is 0 Å². The zero-order valence-electron chi connectivity index (χ0n) is 27.4. The number of fused-ring (bicyclic) bond motifs is 9. The molecule has 7 aromatic carbocycles. The molecule has 1 aliphatic heterocycles. The fourth-order valence-electron chi connectivity index (χ4n) is 7.91. The highest BCUT2D eigenvalue weighted by Gasteiger charge is 2.30. The number of hydrogen-bond acceptors (Lipinski definition) is 6. The van der Waals surface area contributed by atoms with Gasteiger partial charge in [-0.3, -0.25) is 16.0 Å². The number of rotatable bonds is 4. The summed E-state index contributed by atoms with van der Waals surface area (Å²) >= 11 is 5.65. The lowest BCUT2D eigenvalue weighted by atomic mass is 10.00. The maximum absolute atomic E-state index is 3.93. The molecule has 0 spiro atoms. The molecule has 3 aromatic heterocycles. The average molecular weight is 710 g/mol. The van der Waals surface area contributed by atoms with Crippen molar-refractivity contribution >= 4 is 94.5 Å². The third kappa shape index (κ3) is 4.94. The molecule has 11 rings (SSSR count). The first-order valence-electron chi connectivity index (χ1n) is 17.3. The van der Waals surface area contributed by atoms with Crippen LogP contribution in [0.2, 0.25) is 0 Å². The number of benzene rings is 7. The first-order chi connectivity index (χ1) is 25.2. The zero-order valence-corrected chi connectivity index (χ0v) is 29.8. The summed E-state index contributed by atoms with van der Waals surface area (Å²) in [4.78, 5) is 0. The van der Waals surface area contributed by atoms with Gasteiger partial charge in [0.05, 0.1) is 18.5 Å². The van der Waals surface area contributed by atoms with E-state index in [4.69, 9.17) is 0 Å². The first-order valence-corrected chi connectivity index (χ1v) is 19.8. The molecule has 3 atom stereocenters. The van der Waals surface area contributed by atoms with Crippen LogP contribution in [0.25, 0.3) is 71.6 Å². The van der Waals surface area contributed by atoms with E-state index in [-0.39, 0.29) is 18.5 Å². The fraction of sp³-hybridized carbons (Fsp3) is 0.0667. The molecule has 3 N–H and O–H groups in total. The molecule has 10 aromatic rings. The minimum atomic E-state index is -0.0521. The van der Waals surface area contributed by atoms with Crippen LogP contribution in [0.4, 0.5) is 0 Å². The highest BCUT2D eigenvalue weighted by atomic mass is 32.1. The van der Waals surface area contributed by atoms with Crippen LogP contribution in [0.1, 0.15) is 35.2 Å². The summed E-state index contributed by atoms with van der Waals surface area (Å²) in [5.74, 6) is 0. The molecule has 6 heteroatoms. The van der Waals surface area contributed by atoms with Crippen LogP contribution in [0.3, 0.4) is 0 Å². The van der Waals surface area contributed by atoms with Crippen molar-refractivity contribution in [1.29, 1.82) is 0 Å². The Kier molecular flexibility index (Phi) is 6.90. The van der Waals surface area contributed by atoms with Gasteiger partial charge < -0.3 is 0 Å². The van der Waals surface area contributed by atoms with Gasteiger partial charge in [0.25, 0.3) is 0 Å². The van der Waals surface area contributed by atoms with Crippen molar-refractivity contribution in [3.8, 4) is 11.1 Å². The lowest BCUT2D eigenvalue weighted by molar-refractivity contribution is 0.203. The molecular weight excluding hydrogens is 679 g/mol. The van der Waals surface area contributed by atoms with E-state index in [0.717, 1.165) is 0 Å². The summed E-state index contributed by atoms with van der Waals surface area (Å²) in [6.45, 7) is 0. The number of hydrogen-bond donors (Lipinski definition) is 3. The van der Waals surface area contributed by atoms with Crippen LogP contribution < -0.4 is 16.0 Å². The van der Waals surface area contributed by atoms with Gasteiger partial charge in [0.15, 0.2) is 0 Å². The highest BCUT2D eigenvalue weighted by Crippen LogP contribution is 2.43. The van der Waals surface area contributed by atoms with Crippen molar-refractivity contribution in [3.63, 3.8) is 0 Å². The summed E-state index contributed by atoms with van der Waals surface area (Å²) in [6, 6.07) is 55.9. The van der Waals surface area contributed by atoms with E-state index < -0.39 is 0 Å². The van der Waals surface area contributed by atoms with Gasteiger partial charge in [-0.15, -0.1) is 34.0 Å². The minimum absolute atomic E-state index is 0.0189. The largest absolute Gasteiger partial charge is 0.279 e. The normalized spacial score (nSPS) is 18.2. The maximum atomic E-state index is 3.93. The van der Waals surface area contributed by atoms with Gasteiger partial charge in [0.2, 0.25) is 0 Å². The van der Waals surface area contributed by atoms with Crippen molar-refractivity contribution in [2.75, 3.05) is 0 Å². The predicted octanol–water partition coefficient (Wildman–Crippen LogP) is 12.6. The summed E-state index contributed by atoms with van der Waals surface area (Å²) in [5, 5.41) is 19.6. The lowest BCUT2D eigenvalue weighted by Crippen LogP contribution is -2.54. The molecule has 1 saturated heterocycles. The van der Waals surface area contributed by atoms with Crippen LogP contribution in [-0.2, 0) is 0 Å². The Morgan fingerprint density at radius 1 is 0.333 bits per heavy atom. The van der Waals surface area contributed by atoms with Gasteiger partial charge in [-0.1, -0.05) is 115 Å². The average Bonchev–Trinajstić information content (AvgIpc) is 3.88. The van der Waals surface area contributed by atoms with Gasteiger partial charge in [0.1, 0.15) is 0 Å². The second kappa shape index (κ2) is 11.8. The Morgan fingerprint density at radius 3 is 1.69 bits per heavy atom. The molecule has 0 radical (unpaired) electrons. The molecule has 0 saturated carbocycles. The predicted molar refractivity (Wildman–Crippen MR) is 221 cm³/mol. The topological polar surface area (TPSA) is 36.1 Å². The van der Waals surface area contributed by atoms with Crippen molar-refractivity contribution in [2.45, 2.75) is 18.5 Å². The van der Waals surface area contributed by atoms with Crippen molar-refractivity contribution in [3.05, 3.63) is 168 Å². The van der Waals surface area contributed by atoms with Crippen LogP contribution in [0.5, 0.6) is 0 Å². The summed E-state index contributed by atoms with van der Waals surface area (Å²) in [5.41, 5.74) is 6.28. The maximum Gasteiger partial charge on any atom is 0.0865 e. The Hall–Kier alpha value is -4.92. The van der Waals surface area contributed by atoms with Crippen molar-refractivity contribution in [2.24, 2.45) is 0 Å². The lowest BCUT2D eigenvalue weighted by Gasteiger charge is -2.39. The minimum Gasteiger partial charge on any atom is -0.279 e. The van der Waals surface area contributed by atoms with E-state index in [1.165, 1.54) is 88.3 Å². The highest BCUT2D eigenvalue weighted by molar-refractivity contribution is 7.27. The standard InChI is InChI=1S/C45H31N3S3/c1-2-9-26(10-3-1)43-46-44(48-45(47-43)29-18-21-33-31-11-4-6-15-37(31)49-41(33)25-29)28-19-22-39-36(23-28)34-20-17-27(24-40(34)50-39)30-13-8-14-35-32-12-5-7-16-38(32)51-42(30)35/h1-25,43-48H. The van der Waals surface area contributed by atoms with E-state index in [9.17, 15) is 0 Å². The van der Waals surface area contributed by atoms with Gasteiger partial charge in [-0.05, 0) is 64.2 Å². The second-order valence-electron chi connectivity index (χ2n) is 13.4. The van der Waals surface area contributed by atoms with Gasteiger partial charge in [-0.2, -0.15) is 0 Å². The fourth-order valence-corrected chi connectivity index (χ4v) is 11.4. The summed E-state index contributed by atoms with van der Waals surface area (Å²) in [6.07, 6.45) is -0.108. The molecule has 3 nitrogen and oxygen atoms in total. The SMILES string of the molecule is c1ccc(C2NC(c3ccc4c(c3)sc3ccccc34)NC(c3ccc4sc5cc(-c6cccc7c6sc6ccccc67)ccc5c4c3)N2)cc1. The smallest absolute Gasteiger partial charge is 0.0865 e. The number of nitrogens with one attached hydrogen (secondary N) is 3. The molecule has 244 valence electrons. The van der Waals surface area contributed by atoms with E-state index in [1.54, 1.807) is 0 Å². The Bertz CT molecular complexity index is 2940. The monoisotopic (exact) mass is 709 g/mol. The van der Waals surface area contributed by atoms with Gasteiger partial charge >= 0.3 is 0 Å². The summed E-state index contributed by atoms with van der Waals surface area (Å²) < 4.78 is 7.98. The molecule has 4 heterocycles. The molecule has 51 heavy (non-hydrogen) atoms. The van der Waals surface area contributed by atoms with Gasteiger partial charge in [-0.25, -0.2) is 0 Å². The Morgan fingerprint density at radius 2 is 0.882 bits per heavy atom. The molecule has 1 fully saturated rings. The van der Waals surface area contributed by atoms with Crippen LogP contribution >= 0.6 is 34.0 Å². The van der Waals surface area contributed by atoms with E-state index in [2.05, 4.69) is 168 Å². The molecule has 1 aliphatic rings. The molecule has 0 bridgehead atoms. The molecular formula is C45H31N3S3. The third-order valence-electron chi connectivity index (χ3n) is 10.4. The van der Waals surface area contributed by atoms with Gasteiger partial charge in [0, 0.05) is 60.5 Å². The third-order valence-corrected chi connectivity index (χ3v) is 13.9. The Balaban J connectivity index is 0.975. The number of thiophene rings is 3. The van der Waals surface area contributed by atoms with Crippen molar-refractivity contribution in [1.82, 2.24) is 16.0 Å². The Labute approximate surface area is 306 Å². The van der Waals surface area contributed by atoms with Crippen LogP contribution in [-0.4, -0.2) is 0 Å². The van der Waals surface area contributed by atoms with Crippen LogP contribution in [0, 0.1) is 0 Å². The van der Waals surface area contributed by atoms with Crippen molar-refractivity contribution < 1.29 is 0 Å². The van der Waals surface area contributed by atoms with Crippen LogP contribution in [0.15, 0.2) is 152 Å². The molecule has 0 aliphatic carbocycles. The first kappa shape index (κ1) is 29.8. The van der Waals surface area contributed by atoms with E-state index in [1.807, 2.05) is 34.0 Å². The van der Waals surface area contributed by atoms with E-state index >= 15 is 0 Å². The zero-order chi connectivity index (χ0) is 33.5. The molecule has 0 amide bonds. The summed E-state index contributed by atoms with van der Waals surface area (Å²) in [7, 11) is 0.